The van der Waals surface area contributed by atoms with Gasteiger partial charge in [0.15, 0.2) is 6.61 Å². The summed E-state index contributed by atoms with van der Waals surface area (Å²) in [7, 11) is 0. The van der Waals surface area contributed by atoms with Gasteiger partial charge >= 0.3 is 0 Å². The Morgan fingerprint density at radius 2 is 2.15 bits per heavy atom. The van der Waals surface area contributed by atoms with Crippen LogP contribution in [-0.4, -0.2) is 31.6 Å². The number of amides is 1. The molecule has 1 unspecified atom stereocenters. The molecule has 1 aromatic rings. The van der Waals surface area contributed by atoms with Gasteiger partial charge in [0, 0.05) is 17.6 Å². The molecule has 0 spiro atoms. The highest BCUT2D eigenvalue weighted by molar-refractivity contribution is 6.30. The number of carbonyl (C=O) groups excluding carboxylic acids is 1. The largest absolute Gasteiger partial charge is 0.484 e. The molecule has 1 fully saturated rings. The molecule has 0 bridgehead atoms. The Labute approximate surface area is 124 Å². The monoisotopic (exact) mass is 296 g/mol. The van der Waals surface area contributed by atoms with Crippen LogP contribution in [0.1, 0.15) is 20.3 Å². The first-order chi connectivity index (χ1) is 9.47. The van der Waals surface area contributed by atoms with Crippen molar-refractivity contribution in [1.29, 1.82) is 0 Å². The Morgan fingerprint density at radius 3 is 2.80 bits per heavy atom. The number of benzene rings is 1. The van der Waals surface area contributed by atoms with Crippen LogP contribution < -0.4 is 15.4 Å². The van der Waals surface area contributed by atoms with Crippen LogP contribution in [0.15, 0.2) is 24.3 Å². The van der Waals surface area contributed by atoms with Crippen molar-refractivity contribution >= 4 is 17.5 Å². The van der Waals surface area contributed by atoms with Gasteiger partial charge < -0.3 is 15.4 Å². The second-order valence-electron chi connectivity index (χ2n) is 5.82. The summed E-state index contributed by atoms with van der Waals surface area (Å²) in [5.41, 5.74) is 0.0637. The molecule has 2 N–H and O–H groups in total. The minimum absolute atomic E-state index is 0.0294. The third-order valence-corrected chi connectivity index (χ3v) is 3.90. The zero-order valence-corrected chi connectivity index (χ0v) is 12.7. The number of ether oxygens (including phenoxy) is 1. The second-order valence-corrected chi connectivity index (χ2v) is 6.25. The molecule has 1 atom stereocenters. The normalized spacial score (nSPS) is 21.2. The molecule has 5 heteroatoms. The molecule has 0 saturated carbocycles. The highest BCUT2D eigenvalue weighted by Crippen LogP contribution is 2.24. The number of halogens is 1. The molecule has 0 aliphatic carbocycles. The van der Waals surface area contributed by atoms with E-state index < -0.39 is 0 Å². The lowest BCUT2D eigenvalue weighted by Gasteiger charge is -2.39. The van der Waals surface area contributed by atoms with Gasteiger partial charge in [-0.15, -0.1) is 0 Å². The molecule has 0 aromatic heterocycles. The van der Waals surface area contributed by atoms with Gasteiger partial charge in [0.1, 0.15) is 5.75 Å². The Morgan fingerprint density at radius 1 is 1.45 bits per heavy atom. The molecule has 110 valence electrons. The third kappa shape index (κ3) is 4.12. The number of rotatable bonds is 4. The van der Waals surface area contributed by atoms with E-state index in [2.05, 4.69) is 24.5 Å². The zero-order chi connectivity index (χ0) is 14.6. The predicted octanol–water partition coefficient (Wildman–Crippen LogP) is 2.22. The van der Waals surface area contributed by atoms with E-state index >= 15 is 0 Å². The van der Waals surface area contributed by atoms with Gasteiger partial charge in [-0.2, -0.15) is 0 Å². The summed E-state index contributed by atoms with van der Waals surface area (Å²) < 4.78 is 5.45. The summed E-state index contributed by atoms with van der Waals surface area (Å²) in [5, 5.41) is 7.06. The SMILES string of the molecule is CC1(C)CNCCC1NC(=O)COc1ccc(Cl)cc1. The van der Waals surface area contributed by atoms with Crippen molar-refractivity contribution in [2.24, 2.45) is 5.41 Å². The van der Waals surface area contributed by atoms with Gasteiger partial charge in [-0.25, -0.2) is 0 Å². The summed E-state index contributed by atoms with van der Waals surface area (Å²) in [6.45, 7) is 6.19. The van der Waals surface area contributed by atoms with E-state index in [1.54, 1.807) is 24.3 Å². The Hall–Kier alpha value is -1.26. The number of hydrogen-bond donors (Lipinski definition) is 2. The molecule has 1 aliphatic rings. The quantitative estimate of drug-likeness (QED) is 0.896. The number of piperidine rings is 1. The topological polar surface area (TPSA) is 50.4 Å². The van der Waals surface area contributed by atoms with Gasteiger partial charge in [-0.05, 0) is 42.6 Å². The average molecular weight is 297 g/mol. The van der Waals surface area contributed by atoms with Crippen LogP contribution in [-0.2, 0) is 4.79 Å². The number of hydrogen-bond acceptors (Lipinski definition) is 3. The average Bonchev–Trinajstić information content (AvgIpc) is 2.40. The van der Waals surface area contributed by atoms with Crippen LogP contribution in [0.2, 0.25) is 5.02 Å². The van der Waals surface area contributed by atoms with Gasteiger partial charge in [-0.1, -0.05) is 25.4 Å². The van der Waals surface area contributed by atoms with Crippen LogP contribution in [0.25, 0.3) is 0 Å². The van der Waals surface area contributed by atoms with E-state index in [1.807, 2.05) is 0 Å². The van der Waals surface area contributed by atoms with E-state index in [0.29, 0.717) is 10.8 Å². The van der Waals surface area contributed by atoms with E-state index in [0.717, 1.165) is 19.5 Å². The fraction of sp³-hybridized carbons (Fsp3) is 0.533. The maximum atomic E-state index is 12.0. The molecule has 1 aliphatic heterocycles. The van der Waals surface area contributed by atoms with E-state index in [4.69, 9.17) is 16.3 Å². The molecule has 1 aromatic carbocycles. The maximum Gasteiger partial charge on any atom is 0.258 e. The summed E-state index contributed by atoms with van der Waals surface area (Å²) in [5.74, 6) is 0.564. The third-order valence-electron chi connectivity index (χ3n) is 3.65. The Balaban J connectivity index is 1.81. The Bertz CT molecular complexity index is 459. The maximum absolute atomic E-state index is 12.0. The van der Waals surface area contributed by atoms with Crippen molar-refractivity contribution < 1.29 is 9.53 Å². The lowest BCUT2D eigenvalue weighted by Crippen LogP contribution is -2.55. The van der Waals surface area contributed by atoms with Gasteiger partial charge in [0.2, 0.25) is 0 Å². The van der Waals surface area contributed by atoms with Crippen LogP contribution in [0.5, 0.6) is 5.75 Å². The molecular formula is C15H21ClN2O2. The fourth-order valence-corrected chi connectivity index (χ4v) is 2.48. The van der Waals surface area contributed by atoms with E-state index in [1.165, 1.54) is 0 Å². The standard InChI is InChI=1S/C15H21ClN2O2/c1-15(2)10-17-8-7-13(15)18-14(19)9-20-12-5-3-11(16)4-6-12/h3-6,13,17H,7-10H2,1-2H3,(H,18,19). The van der Waals surface area contributed by atoms with Crippen LogP contribution in [0, 0.1) is 5.41 Å². The summed E-state index contributed by atoms with van der Waals surface area (Å²) in [4.78, 5) is 12.0. The Kier molecular flexibility index (Phi) is 4.89. The molecule has 0 radical (unpaired) electrons. The summed E-state index contributed by atoms with van der Waals surface area (Å²) in [6.07, 6.45) is 0.944. The van der Waals surface area contributed by atoms with Gasteiger partial charge in [0.25, 0.3) is 5.91 Å². The lowest BCUT2D eigenvalue weighted by atomic mass is 9.80. The van der Waals surface area contributed by atoms with E-state index in [-0.39, 0.29) is 24.0 Å². The molecule has 20 heavy (non-hydrogen) atoms. The number of nitrogens with one attached hydrogen (secondary N) is 2. The minimum Gasteiger partial charge on any atom is -0.484 e. The van der Waals surface area contributed by atoms with Gasteiger partial charge in [0.05, 0.1) is 0 Å². The summed E-state index contributed by atoms with van der Waals surface area (Å²) in [6, 6.07) is 7.17. The fourth-order valence-electron chi connectivity index (χ4n) is 2.35. The lowest BCUT2D eigenvalue weighted by molar-refractivity contribution is -0.124. The van der Waals surface area contributed by atoms with Crippen molar-refractivity contribution in [1.82, 2.24) is 10.6 Å². The van der Waals surface area contributed by atoms with Crippen molar-refractivity contribution in [2.75, 3.05) is 19.7 Å². The van der Waals surface area contributed by atoms with Crippen molar-refractivity contribution in [3.63, 3.8) is 0 Å². The number of carbonyl (C=O) groups is 1. The van der Waals surface area contributed by atoms with Crippen LogP contribution in [0.3, 0.4) is 0 Å². The molecular weight excluding hydrogens is 276 g/mol. The summed E-state index contributed by atoms with van der Waals surface area (Å²) >= 11 is 5.79. The predicted molar refractivity (Wildman–Crippen MR) is 80.1 cm³/mol. The zero-order valence-electron chi connectivity index (χ0n) is 11.9. The van der Waals surface area contributed by atoms with Crippen molar-refractivity contribution in [3.8, 4) is 5.75 Å². The minimum atomic E-state index is -0.0834. The molecule has 1 amide bonds. The first kappa shape index (κ1) is 15.1. The van der Waals surface area contributed by atoms with Gasteiger partial charge in [-0.3, -0.25) is 4.79 Å². The molecule has 1 heterocycles. The van der Waals surface area contributed by atoms with Crippen LogP contribution in [0.4, 0.5) is 0 Å². The first-order valence-electron chi connectivity index (χ1n) is 6.86. The highest BCUT2D eigenvalue weighted by atomic mass is 35.5. The second kappa shape index (κ2) is 6.46. The molecule has 2 rings (SSSR count). The van der Waals surface area contributed by atoms with E-state index in [9.17, 15) is 4.79 Å². The van der Waals surface area contributed by atoms with Crippen molar-refractivity contribution in [3.05, 3.63) is 29.3 Å². The molecule has 4 nitrogen and oxygen atoms in total. The smallest absolute Gasteiger partial charge is 0.258 e. The highest BCUT2D eigenvalue weighted by Gasteiger charge is 2.33. The van der Waals surface area contributed by atoms with Crippen LogP contribution >= 0.6 is 11.6 Å². The van der Waals surface area contributed by atoms with Crippen molar-refractivity contribution in [2.45, 2.75) is 26.3 Å². The first-order valence-corrected chi connectivity index (χ1v) is 7.24. The molecule has 1 saturated heterocycles.